The Morgan fingerprint density at radius 1 is 1.04 bits per heavy atom. The first-order valence-corrected chi connectivity index (χ1v) is 8.58. The Bertz CT molecular complexity index is 880. The van der Waals surface area contributed by atoms with Crippen LogP contribution in [0.5, 0.6) is 0 Å². The lowest BCUT2D eigenvalue weighted by Gasteiger charge is -2.06. The van der Waals surface area contributed by atoms with Crippen LogP contribution in [-0.2, 0) is 0 Å². The Morgan fingerprint density at radius 2 is 1.68 bits per heavy atom. The number of rotatable bonds is 4. The van der Waals surface area contributed by atoms with Crippen molar-refractivity contribution in [3.63, 3.8) is 0 Å². The maximum atomic E-state index is 12.3. The van der Waals surface area contributed by atoms with Gasteiger partial charge in [0.05, 0.1) is 5.69 Å². The molecule has 0 atom stereocenters. The quantitative estimate of drug-likeness (QED) is 0.710. The molecule has 25 heavy (non-hydrogen) atoms. The fourth-order valence-corrected chi connectivity index (χ4v) is 3.31. The summed E-state index contributed by atoms with van der Waals surface area (Å²) in [6, 6.07) is 9.49. The van der Waals surface area contributed by atoms with Crippen molar-refractivity contribution in [2.24, 2.45) is 0 Å². The summed E-state index contributed by atoms with van der Waals surface area (Å²) in [5.41, 5.74) is 3.64. The van der Waals surface area contributed by atoms with Crippen molar-refractivity contribution in [3.8, 4) is 0 Å². The minimum Gasteiger partial charge on any atom is -0.361 e. The molecule has 3 rings (SSSR count). The van der Waals surface area contributed by atoms with Crippen molar-refractivity contribution in [2.75, 3.05) is 5.32 Å². The van der Waals surface area contributed by atoms with Crippen molar-refractivity contribution in [1.82, 2.24) is 15.1 Å². The molecule has 0 fully saturated rings. The minimum absolute atomic E-state index is 0.228. The summed E-state index contributed by atoms with van der Waals surface area (Å²) in [7, 11) is 0. The first-order valence-electron chi connectivity index (χ1n) is 7.77. The van der Waals surface area contributed by atoms with E-state index in [1.54, 1.807) is 13.8 Å². The second-order valence-electron chi connectivity index (χ2n) is 5.71. The summed E-state index contributed by atoms with van der Waals surface area (Å²) >= 11 is 1.49. The third kappa shape index (κ3) is 4.06. The molecular weight excluding hydrogens is 336 g/mol. The summed E-state index contributed by atoms with van der Waals surface area (Å²) in [6.45, 7) is 7.37. The molecule has 2 heterocycles. The van der Waals surface area contributed by atoms with E-state index in [1.807, 2.05) is 44.2 Å². The summed E-state index contributed by atoms with van der Waals surface area (Å²) in [4.78, 5) is 22.2. The first-order chi connectivity index (χ1) is 11.9. The molecular formula is C18H18N4O2S. The van der Waals surface area contributed by atoms with E-state index in [4.69, 9.17) is 4.52 Å². The topological polar surface area (TPSA) is 80.9 Å². The number of amides is 1. The van der Waals surface area contributed by atoms with Gasteiger partial charge in [0, 0.05) is 22.0 Å². The largest absolute Gasteiger partial charge is 0.361 e. The van der Waals surface area contributed by atoms with Gasteiger partial charge >= 0.3 is 0 Å². The highest BCUT2D eigenvalue weighted by molar-refractivity contribution is 7.99. The molecule has 0 saturated heterocycles. The first kappa shape index (κ1) is 17.2. The van der Waals surface area contributed by atoms with Crippen LogP contribution in [0.3, 0.4) is 0 Å². The molecule has 7 heteroatoms. The number of carbonyl (C=O) groups is 1. The summed E-state index contributed by atoms with van der Waals surface area (Å²) in [5, 5.41) is 7.37. The third-order valence-corrected chi connectivity index (χ3v) is 4.42. The fraction of sp³-hybridized carbons (Fsp3) is 0.222. The smallest absolute Gasteiger partial charge is 0.261 e. The van der Waals surface area contributed by atoms with Gasteiger partial charge in [-0.25, -0.2) is 9.97 Å². The zero-order chi connectivity index (χ0) is 18.0. The predicted octanol–water partition coefficient (Wildman–Crippen LogP) is 4.10. The average Bonchev–Trinajstić information content (AvgIpc) is 2.87. The van der Waals surface area contributed by atoms with Crippen LogP contribution in [0.2, 0.25) is 0 Å². The van der Waals surface area contributed by atoms with Crippen molar-refractivity contribution in [1.29, 1.82) is 0 Å². The maximum Gasteiger partial charge on any atom is 0.261 e. The molecule has 1 amide bonds. The van der Waals surface area contributed by atoms with Gasteiger partial charge in [-0.1, -0.05) is 5.16 Å². The van der Waals surface area contributed by atoms with Gasteiger partial charge in [0.2, 0.25) is 0 Å². The molecule has 0 aliphatic rings. The van der Waals surface area contributed by atoms with E-state index >= 15 is 0 Å². The molecule has 0 saturated carbocycles. The van der Waals surface area contributed by atoms with Gasteiger partial charge in [-0.3, -0.25) is 4.79 Å². The van der Waals surface area contributed by atoms with Gasteiger partial charge in [0.15, 0.2) is 5.16 Å². The molecule has 2 aromatic heterocycles. The number of aromatic nitrogens is 3. The highest BCUT2D eigenvalue weighted by Crippen LogP contribution is 2.26. The van der Waals surface area contributed by atoms with Crippen LogP contribution in [0.1, 0.15) is 33.2 Å². The Labute approximate surface area is 150 Å². The zero-order valence-corrected chi connectivity index (χ0v) is 15.3. The van der Waals surface area contributed by atoms with Crippen molar-refractivity contribution < 1.29 is 9.32 Å². The van der Waals surface area contributed by atoms with E-state index in [9.17, 15) is 4.79 Å². The molecule has 3 aromatic rings. The van der Waals surface area contributed by atoms with Crippen LogP contribution in [0.25, 0.3) is 0 Å². The van der Waals surface area contributed by atoms with Gasteiger partial charge in [0.1, 0.15) is 11.3 Å². The Morgan fingerprint density at radius 3 is 2.24 bits per heavy atom. The highest BCUT2D eigenvalue weighted by atomic mass is 32.2. The Hall–Kier alpha value is -2.67. The fourth-order valence-electron chi connectivity index (χ4n) is 2.45. The van der Waals surface area contributed by atoms with Crippen LogP contribution in [0.4, 0.5) is 5.69 Å². The highest BCUT2D eigenvalue weighted by Gasteiger charge is 2.17. The van der Waals surface area contributed by atoms with E-state index in [0.29, 0.717) is 27.9 Å². The molecule has 0 bridgehead atoms. The van der Waals surface area contributed by atoms with Crippen LogP contribution in [0.15, 0.2) is 44.9 Å². The SMILES string of the molecule is Cc1cc(C)nc(Sc2ccc(NC(=O)c3c(C)noc3C)cc2)n1. The van der Waals surface area contributed by atoms with E-state index < -0.39 is 0 Å². The lowest BCUT2D eigenvalue weighted by molar-refractivity contribution is 0.102. The molecule has 0 aliphatic heterocycles. The lowest BCUT2D eigenvalue weighted by atomic mass is 10.2. The van der Waals surface area contributed by atoms with Gasteiger partial charge in [-0.05, 0) is 69.8 Å². The second kappa shape index (κ2) is 7.06. The van der Waals surface area contributed by atoms with Crippen LogP contribution in [-0.4, -0.2) is 21.0 Å². The minimum atomic E-state index is -0.228. The Kier molecular flexibility index (Phi) is 4.85. The van der Waals surface area contributed by atoms with Gasteiger partial charge in [-0.2, -0.15) is 0 Å². The molecule has 6 nitrogen and oxygen atoms in total. The van der Waals surface area contributed by atoms with Crippen LogP contribution in [0, 0.1) is 27.7 Å². The van der Waals surface area contributed by atoms with E-state index in [0.717, 1.165) is 16.3 Å². The van der Waals surface area contributed by atoms with Gasteiger partial charge < -0.3 is 9.84 Å². The average molecular weight is 354 g/mol. The molecule has 0 unspecified atom stereocenters. The molecule has 0 radical (unpaired) electrons. The zero-order valence-electron chi connectivity index (χ0n) is 14.5. The molecule has 0 spiro atoms. The second-order valence-corrected chi connectivity index (χ2v) is 6.75. The summed E-state index contributed by atoms with van der Waals surface area (Å²) < 4.78 is 5.03. The number of aryl methyl sites for hydroxylation is 4. The van der Waals surface area contributed by atoms with E-state index in [-0.39, 0.29) is 5.91 Å². The van der Waals surface area contributed by atoms with Crippen LogP contribution < -0.4 is 5.32 Å². The van der Waals surface area contributed by atoms with Crippen molar-refractivity contribution in [2.45, 2.75) is 37.7 Å². The number of nitrogens with one attached hydrogen (secondary N) is 1. The molecule has 128 valence electrons. The summed E-state index contributed by atoms with van der Waals surface area (Å²) in [5.74, 6) is 0.281. The maximum absolute atomic E-state index is 12.3. The number of nitrogens with zero attached hydrogens (tertiary/aromatic N) is 3. The van der Waals surface area contributed by atoms with E-state index in [2.05, 4.69) is 20.4 Å². The van der Waals surface area contributed by atoms with Gasteiger partial charge in [-0.15, -0.1) is 0 Å². The molecule has 1 aromatic carbocycles. The number of anilines is 1. The number of hydrogen-bond acceptors (Lipinski definition) is 6. The standard InChI is InChI=1S/C18H18N4O2S/c1-10-9-11(2)20-18(19-10)25-15-7-5-14(6-8-15)21-17(23)16-12(3)22-24-13(16)4/h5-9H,1-4H3,(H,21,23). The van der Waals surface area contributed by atoms with Gasteiger partial charge in [0.25, 0.3) is 5.91 Å². The molecule has 0 aliphatic carbocycles. The lowest BCUT2D eigenvalue weighted by Crippen LogP contribution is -2.13. The monoisotopic (exact) mass is 354 g/mol. The van der Waals surface area contributed by atoms with E-state index in [1.165, 1.54) is 11.8 Å². The normalized spacial score (nSPS) is 10.7. The number of hydrogen-bond donors (Lipinski definition) is 1. The Balaban J connectivity index is 1.71. The summed E-state index contributed by atoms with van der Waals surface area (Å²) in [6.07, 6.45) is 0. The number of benzene rings is 1. The van der Waals surface area contributed by atoms with Crippen molar-refractivity contribution in [3.05, 3.63) is 58.7 Å². The number of carbonyl (C=O) groups excluding carboxylic acids is 1. The third-order valence-electron chi connectivity index (χ3n) is 3.54. The molecule has 1 N–H and O–H groups in total. The predicted molar refractivity (Wildman–Crippen MR) is 96.0 cm³/mol. The van der Waals surface area contributed by atoms with Crippen LogP contribution >= 0.6 is 11.8 Å². The van der Waals surface area contributed by atoms with Crippen molar-refractivity contribution >= 4 is 23.4 Å².